The molecule has 3 nitrogen and oxygen atoms in total. The van der Waals surface area contributed by atoms with Crippen molar-refractivity contribution in [2.45, 2.75) is 45.5 Å². The van der Waals surface area contributed by atoms with E-state index in [0.29, 0.717) is 23.3 Å². The molecule has 2 aliphatic carbocycles. The van der Waals surface area contributed by atoms with Gasteiger partial charge in [-0.1, -0.05) is 24.6 Å². The van der Waals surface area contributed by atoms with Crippen LogP contribution < -0.4 is 4.74 Å². The van der Waals surface area contributed by atoms with Crippen molar-refractivity contribution in [1.29, 1.82) is 0 Å². The lowest BCUT2D eigenvalue weighted by atomic mass is 9.81. The highest BCUT2D eigenvalue weighted by Gasteiger charge is 2.41. The Kier molecular flexibility index (Phi) is 5.35. The normalized spacial score (nSPS) is 21.3. The molecule has 0 unspecified atom stereocenters. The first kappa shape index (κ1) is 20.9. The van der Waals surface area contributed by atoms with Crippen molar-refractivity contribution in [2.75, 3.05) is 0 Å². The minimum Gasteiger partial charge on any atom is -0.511 e. The first-order valence-corrected chi connectivity index (χ1v) is 10.5. The Morgan fingerprint density at radius 1 is 1.17 bits per heavy atom. The Hall–Kier alpha value is -2.40. The first-order chi connectivity index (χ1) is 14.2. The molecule has 1 fully saturated rings. The van der Waals surface area contributed by atoms with E-state index >= 15 is 0 Å². The van der Waals surface area contributed by atoms with Crippen LogP contribution in [-0.4, -0.2) is 10.9 Å². The zero-order valence-electron chi connectivity index (χ0n) is 16.8. The number of hydrogen-bond acceptors (Lipinski definition) is 3. The number of halogens is 3. The van der Waals surface area contributed by atoms with Crippen LogP contribution in [0, 0.1) is 11.8 Å². The SMILES string of the molecule is CCc1ccc(Oc2ccc(C(C)(F)F)cc2Cl)cc1C1=C(O)[C@H]2CC[C@H](C2)C1=O. The average molecular weight is 433 g/mol. The Morgan fingerprint density at radius 3 is 2.57 bits per heavy atom. The molecule has 0 aliphatic heterocycles. The summed E-state index contributed by atoms with van der Waals surface area (Å²) in [6.07, 6.45) is 3.04. The van der Waals surface area contributed by atoms with Crippen LogP contribution in [0.15, 0.2) is 42.2 Å². The number of ether oxygens (including phenoxy) is 1. The smallest absolute Gasteiger partial charge is 0.270 e. The molecule has 0 heterocycles. The summed E-state index contributed by atoms with van der Waals surface area (Å²) in [6, 6.07) is 9.21. The standard InChI is InChI=1S/C24H23ClF2O3/c1-3-13-6-8-17(30-20-9-7-16(11-19(20)25)24(2,26)27)12-18(13)21-22(28)14-4-5-15(10-14)23(21)29/h6-9,11-12,14-15,28H,3-5,10H2,1-2H3/t14-,15+/m0/s1. The number of rotatable bonds is 5. The average Bonchev–Trinajstić information content (AvgIpc) is 3.15. The number of aliphatic hydroxyl groups excluding tert-OH is 1. The number of aliphatic hydroxyl groups is 1. The minimum atomic E-state index is -3.00. The van der Waals surface area contributed by atoms with Crippen molar-refractivity contribution in [1.82, 2.24) is 0 Å². The number of hydrogen-bond donors (Lipinski definition) is 1. The first-order valence-electron chi connectivity index (χ1n) is 10.1. The number of benzene rings is 2. The molecule has 158 valence electrons. The van der Waals surface area contributed by atoms with Crippen LogP contribution >= 0.6 is 11.6 Å². The van der Waals surface area contributed by atoms with E-state index in [1.165, 1.54) is 18.2 Å². The summed E-state index contributed by atoms with van der Waals surface area (Å²) in [5.41, 5.74) is 1.80. The van der Waals surface area contributed by atoms with Crippen LogP contribution in [0.4, 0.5) is 8.78 Å². The zero-order valence-corrected chi connectivity index (χ0v) is 17.6. The van der Waals surface area contributed by atoms with Gasteiger partial charge in [0.1, 0.15) is 17.3 Å². The monoisotopic (exact) mass is 432 g/mol. The molecule has 2 atom stereocenters. The van der Waals surface area contributed by atoms with Crippen molar-refractivity contribution < 1.29 is 23.4 Å². The molecule has 2 bridgehead atoms. The van der Waals surface area contributed by atoms with E-state index in [1.807, 2.05) is 13.0 Å². The number of alkyl halides is 2. The molecule has 0 radical (unpaired) electrons. The summed E-state index contributed by atoms with van der Waals surface area (Å²) in [5.74, 6) is -2.17. The van der Waals surface area contributed by atoms with E-state index in [1.54, 1.807) is 12.1 Å². The van der Waals surface area contributed by atoms with Gasteiger partial charge in [0.25, 0.3) is 5.92 Å². The fourth-order valence-electron chi connectivity index (χ4n) is 4.42. The van der Waals surface area contributed by atoms with E-state index in [-0.39, 0.29) is 39.7 Å². The van der Waals surface area contributed by atoms with Crippen molar-refractivity contribution in [3.05, 3.63) is 63.9 Å². The van der Waals surface area contributed by atoms with Gasteiger partial charge < -0.3 is 9.84 Å². The van der Waals surface area contributed by atoms with Gasteiger partial charge in [0, 0.05) is 24.3 Å². The van der Waals surface area contributed by atoms with Crippen molar-refractivity contribution in [3.63, 3.8) is 0 Å². The molecule has 0 amide bonds. The Balaban J connectivity index is 1.71. The van der Waals surface area contributed by atoms with Crippen LogP contribution in [-0.2, 0) is 17.1 Å². The second-order valence-corrected chi connectivity index (χ2v) is 8.55. The lowest BCUT2D eigenvalue weighted by Crippen LogP contribution is -2.21. The van der Waals surface area contributed by atoms with Gasteiger partial charge in [-0.25, -0.2) is 8.78 Å². The summed E-state index contributed by atoms with van der Waals surface area (Å²) >= 11 is 6.16. The highest BCUT2D eigenvalue weighted by atomic mass is 35.5. The largest absolute Gasteiger partial charge is 0.511 e. The van der Waals surface area contributed by atoms with Gasteiger partial charge in [-0.2, -0.15) is 0 Å². The van der Waals surface area contributed by atoms with Gasteiger partial charge in [0.2, 0.25) is 0 Å². The predicted octanol–water partition coefficient (Wildman–Crippen LogP) is 7.07. The molecule has 30 heavy (non-hydrogen) atoms. The van der Waals surface area contributed by atoms with Crippen molar-refractivity contribution >= 4 is 23.0 Å². The van der Waals surface area contributed by atoms with Crippen LogP contribution in [0.2, 0.25) is 5.02 Å². The maximum absolute atomic E-state index is 13.5. The molecule has 2 aromatic carbocycles. The number of carbonyl (C=O) groups excluding carboxylic acids is 1. The second kappa shape index (κ2) is 7.69. The highest BCUT2D eigenvalue weighted by Crippen LogP contribution is 2.46. The van der Waals surface area contributed by atoms with Gasteiger partial charge >= 0.3 is 0 Å². The molecule has 0 aromatic heterocycles. The number of carbonyl (C=O) groups is 1. The van der Waals surface area contributed by atoms with Crippen LogP contribution in [0.25, 0.3) is 5.57 Å². The topological polar surface area (TPSA) is 46.5 Å². The van der Waals surface area contributed by atoms with E-state index in [0.717, 1.165) is 31.7 Å². The van der Waals surface area contributed by atoms with Gasteiger partial charge in [0.05, 0.1) is 10.6 Å². The molecule has 1 saturated carbocycles. The summed E-state index contributed by atoms with van der Waals surface area (Å²) in [7, 11) is 0. The Bertz CT molecular complexity index is 1040. The quantitative estimate of drug-likeness (QED) is 0.549. The van der Waals surface area contributed by atoms with Crippen molar-refractivity contribution in [3.8, 4) is 11.5 Å². The van der Waals surface area contributed by atoms with Gasteiger partial charge in [-0.15, -0.1) is 0 Å². The van der Waals surface area contributed by atoms with E-state index in [4.69, 9.17) is 16.3 Å². The molecule has 2 aliphatic rings. The number of aryl methyl sites for hydroxylation is 1. The van der Waals surface area contributed by atoms with Gasteiger partial charge in [0.15, 0.2) is 5.78 Å². The molecule has 1 N–H and O–H groups in total. The molecule has 2 aromatic rings. The summed E-state index contributed by atoms with van der Waals surface area (Å²) in [6.45, 7) is 2.79. The molecule has 0 saturated heterocycles. The lowest BCUT2D eigenvalue weighted by molar-refractivity contribution is -0.117. The molecule has 0 spiro atoms. The summed E-state index contributed by atoms with van der Waals surface area (Å²) < 4.78 is 32.9. The molecule has 4 rings (SSSR count). The maximum atomic E-state index is 13.5. The third-order valence-corrected chi connectivity index (χ3v) is 6.39. The van der Waals surface area contributed by atoms with Gasteiger partial charge in [-0.3, -0.25) is 4.79 Å². The van der Waals surface area contributed by atoms with Crippen LogP contribution in [0.3, 0.4) is 0 Å². The molecule has 6 heteroatoms. The lowest BCUT2D eigenvalue weighted by Gasteiger charge is -2.23. The third kappa shape index (κ3) is 3.71. The fraction of sp³-hybridized carbons (Fsp3) is 0.375. The number of ketones is 1. The predicted molar refractivity (Wildman–Crippen MR) is 112 cm³/mol. The molecular formula is C24H23ClF2O3. The zero-order chi connectivity index (χ0) is 21.6. The number of fused-ring (bicyclic) bond motifs is 2. The van der Waals surface area contributed by atoms with E-state index in [2.05, 4.69) is 0 Å². The Labute approximate surface area is 179 Å². The van der Waals surface area contributed by atoms with E-state index in [9.17, 15) is 18.7 Å². The second-order valence-electron chi connectivity index (χ2n) is 8.14. The minimum absolute atomic E-state index is 0.0133. The highest BCUT2D eigenvalue weighted by molar-refractivity contribution is 6.32. The summed E-state index contributed by atoms with van der Waals surface area (Å²) in [5, 5.41) is 10.8. The Morgan fingerprint density at radius 2 is 1.90 bits per heavy atom. The molecular weight excluding hydrogens is 410 g/mol. The summed E-state index contributed by atoms with van der Waals surface area (Å²) in [4.78, 5) is 13.0. The fourth-order valence-corrected chi connectivity index (χ4v) is 4.64. The van der Waals surface area contributed by atoms with Crippen molar-refractivity contribution in [2.24, 2.45) is 11.8 Å². The number of Topliss-reactive ketones (excluding diaryl/α,β-unsaturated/α-hetero) is 1. The third-order valence-electron chi connectivity index (χ3n) is 6.09. The number of allylic oxidation sites excluding steroid dienone is 2. The van der Waals surface area contributed by atoms with Crippen LogP contribution in [0.1, 0.15) is 49.8 Å². The van der Waals surface area contributed by atoms with Crippen LogP contribution in [0.5, 0.6) is 11.5 Å². The van der Waals surface area contributed by atoms with Gasteiger partial charge in [-0.05, 0) is 67.1 Å². The van der Waals surface area contributed by atoms with E-state index < -0.39 is 5.92 Å². The maximum Gasteiger partial charge on any atom is 0.270 e.